The summed E-state index contributed by atoms with van der Waals surface area (Å²) in [7, 11) is -3.61. The highest BCUT2D eigenvalue weighted by Crippen LogP contribution is 2.34. The molecule has 1 aliphatic heterocycles. The minimum atomic E-state index is -3.61. The quantitative estimate of drug-likeness (QED) is 0.725. The summed E-state index contributed by atoms with van der Waals surface area (Å²) in [6.07, 6.45) is 6.53. The average Bonchev–Trinajstić information content (AvgIpc) is 2.67. The molecule has 1 aliphatic rings. The molecular weight excluding hydrogens is 350 g/mol. The molecule has 3 rings (SSSR count). The number of fused-ring (bicyclic) bond motifs is 1. The van der Waals surface area contributed by atoms with Crippen LogP contribution in [0.15, 0.2) is 29.3 Å². The third-order valence-electron chi connectivity index (χ3n) is 4.86. The lowest BCUT2D eigenvalue weighted by Gasteiger charge is -2.26. The van der Waals surface area contributed by atoms with Crippen molar-refractivity contribution in [1.29, 1.82) is 0 Å². The number of aromatic hydroxyl groups is 1. The highest BCUT2D eigenvalue weighted by Gasteiger charge is 2.29. The Hall–Kier alpha value is -1.70. The van der Waals surface area contributed by atoms with Crippen LogP contribution in [0, 0.1) is 0 Å². The number of hydrogen-bond acceptors (Lipinski definition) is 5. The molecule has 0 amide bonds. The van der Waals surface area contributed by atoms with Gasteiger partial charge in [-0.05, 0) is 44.0 Å². The number of hydrogen-bond donors (Lipinski definition) is 2. The van der Waals surface area contributed by atoms with Gasteiger partial charge in [-0.3, -0.25) is 4.98 Å². The lowest BCUT2D eigenvalue weighted by atomic mass is 10.1. The SMILES string of the molecule is CCCCNCc1cc(S(=O)(=O)N2CCCCC2)c2cccnc2c1O. The molecule has 2 N–H and O–H groups in total. The van der Waals surface area contributed by atoms with E-state index in [4.69, 9.17) is 0 Å². The Morgan fingerprint density at radius 1 is 1.27 bits per heavy atom. The minimum Gasteiger partial charge on any atom is -0.505 e. The maximum absolute atomic E-state index is 13.2. The Bertz CT molecular complexity index is 862. The summed E-state index contributed by atoms with van der Waals surface area (Å²) in [6, 6.07) is 5.03. The number of rotatable bonds is 7. The van der Waals surface area contributed by atoms with E-state index in [1.807, 2.05) is 0 Å². The largest absolute Gasteiger partial charge is 0.505 e. The molecule has 0 atom stereocenters. The number of nitrogens with zero attached hydrogens (tertiary/aromatic N) is 2. The van der Waals surface area contributed by atoms with Gasteiger partial charge >= 0.3 is 0 Å². The number of pyridine rings is 1. The highest BCUT2D eigenvalue weighted by atomic mass is 32.2. The van der Waals surface area contributed by atoms with Crippen molar-refractivity contribution in [2.24, 2.45) is 0 Å². The number of sulfonamides is 1. The van der Waals surface area contributed by atoms with Crippen LogP contribution in [0.25, 0.3) is 10.9 Å². The van der Waals surface area contributed by atoms with Crippen LogP contribution in [-0.2, 0) is 16.6 Å². The Morgan fingerprint density at radius 2 is 2.04 bits per heavy atom. The highest BCUT2D eigenvalue weighted by molar-refractivity contribution is 7.89. The zero-order valence-corrected chi connectivity index (χ0v) is 16.1. The van der Waals surface area contributed by atoms with E-state index < -0.39 is 10.0 Å². The molecule has 1 fully saturated rings. The fourth-order valence-corrected chi connectivity index (χ4v) is 5.12. The van der Waals surface area contributed by atoms with Crippen LogP contribution in [0.1, 0.15) is 44.6 Å². The van der Waals surface area contributed by atoms with Gasteiger partial charge in [0.05, 0.1) is 4.90 Å². The average molecular weight is 378 g/mol. The van der Waals surface area contributed by atoms with Crippen LogP contribution >= 0.6 is 0 Å². The van der Waals surface area contributed by atoms with E-state index in [-0.39, 0.29) is 10.6 Å². The molecule has 7 heteroatoms. The summed E-state index contributed by atoms with van der Waals surface area (Å²) in [6.45, 7) is 4.46. The van der Waals surface area contributed by atoms with Gasteiger partial charge in [-0.15, -0.1) is 0 Å². The van der Waals surface area contributed by atoms with Crippen molar-refractivity contribution < 1.29 is 13.5 Å². The van der Waals surface area contributed by atoms with Gasteiger partial charge in [0.15, 0.2) is 0 Å². The molecular formula is C19H27N3O3S. The summed E-state index contributed by atoms with van der Waals surface area (Å²) in [4.78, 5) is 4.49. The summed E-state index contributed by atoms with van der Waals surface area (Å²) in [5.41, 5.74) is 0.917. The van der Waals surface area contributed by atoms with E-state index in [1.165, 1.54) is 0 Å². The van der Waals surface area contributed by atoms with Crippen LogP contribution < -0.4 is 5.32 Å². The summed E-state index contributed by atoms with van der Waals surface area (Å²) in [5.74, 6) is 0.0576. The maximum Gasteiger partial charge on any atom is 0.243 e. The van der Waals surface area contributed by atoms with Crippen molar-refractivity contribution in [3.8, 4) is 5.75 Å². The van der Waals surface area contributed by atoms with Gasteiger partial charge in [-0.2, -0.15) is 4.31 Å². The van der Waals surface area contributed by atoms with Crippen LogP contribution in [-0.4, -0.2) is 42.4 Å². The van der Waals surface area contributed by atoms with Gasteiger partial charge in [0.2, 0.25) is 10.0 Å². The standard InChI is InChI=1S/C19H27N3O3S/c1-2-3-9-20-14-15-13-17(16-8-7-10-21-18(16)19(15)23)26(24,25)22-11-5-4-6-12-22/h7-8,10,13,20,23H,2-6,9,11-12,14H2,1H3. The summed E-state index contributed by atoms with van der Waals surface area (Å²) >= 11 is 0. The van der Waals surface area contributed by atoms with Crippen molar-refractivity contribution in [3.05, 3.63) is 30.0 Å². The predicted octanol–water partition coefficient (Wildman–Crippen LogP) is 3.00. The van der Waals surface area contributed by atoms with Crippen LogP contribution in [0.3, 0.4) is 0 Å². The topological polar surface area (TPSA) is 82.5 Å². The van der Waals surface area contributed by atoms with Crippen LogP contribution in [0.2, 0.25) is 0 Å². The van der Waals surface area contributed by atoms with E-state index >= 15 is 0 Å². The van der Waals surface area contributed by atoms with Crippen LogP contribution in [0.5, 0.6) is 5.75 Å². The van der Waals surface area contributed by atoms with E-state index in [0.717, 1.165) is 38.6 Å². The second kappa shape index (κ2) is 8.33. The normalized spacial score (nSPS) is 16.2. The molecule has 1 aromatic carbocycles. The minimum absolute atomic E-state index is 0.0576. The number of unbranched alkanes of at least 4 members (excludes halogenated alkanes) is 1. The second-order valence-corrected chi connectivity index (χ2v) is 8.68. The number of nitrogens with one attached hydrogen (secondary N) is 1. The summed E-state index contributed by atoms with van der Waals surface area (Å²) in [5, 5.41) is 14.3. The molecule has 0 radical (unpaired) electrons. The third-order valence-corrected chi connectivity index (χ3v) is 6.80. The Morgan fingerprint density at radius 3 is 2.77 bits per heavy atom. The monoisotopic (exact) mass is 377 g/mol. The molecule has 142 valence electrons. The molecule has 2 aromatic rings. The van der Waals surface area contributed by atoms with Gasteiger partial charge in [-0.1, -0.05) is 19.8 Å². The maximum atomic E-state index is 13.2. The van der Waals surface area contributed by atoms with Crippen molar-refractivity contribution in [1.82, 2.24) is 14.6 Å². The lowest BCUT2D eigenvalue weighted by molar-refractivity contribution is 0.347. The molecule has 2 heterocycles. The van der Waals surface area contributed by atoms with Crippen molar-refractivity contribution in [3.63, 3.8) is 0 Å². The first-order valence-corrected chi connectivity index (χ1v) is 10.8. The number of aromatic nitrogens is 1. The smallest absolute Gasteiger partial charge is 0.243 e. The van der Waals surface area contributed by atoms with Gasteiger partial charge < -0.3 is 10.4 Å². The number of piperidine rings is 1. The summed E-state index contributed by atoms with van der Waals surface area (Å²) < 4.78 is 28.0. The van der Waals surface area contributed by atoms with Crippen LogP contribution in [0.4, 0.5) is 0 Å². The Labute approximate surface area is 155 Å². The molecule has 6 nitrogen and oxygen atoms in total. The molecule has 0 aliphatic carbocycles. The van der Waals surface area contributed by atoms with Gasteiger partial charge in [0.1, 0.15) is 11.3 Å². The molecule has 0 bridgehead atoms. The molecule has 1 saturated heterocycles. The number of benzene rings is 1. The molecule has 0 unspecified atom stereocenters. The van der Waals surface area contributed by atoms with E-state index in [2.05, 4.69) is 17.2 Å². The zero-order chi connectivity index (χ0) is 18.6. The molecule has 26 heavy (non-hydrogen) atoms. The predicted molar refractivity (Wildman–Crippen MR) is 103 cm³/mol. The fraction of sp³-hybridized carbons (Fsp3) is 0.526. The van der Waals surface area contributed by atoms with E-state index in [0.29, 0.717) is 36.1 Å². The fourth-order valence-electron chi connectivity index (χ4n) is 3.37. The van der Waals surface area contributed by atoms with Crippen molar-refractivity contribution in [2.75, 3.05) is 19.6 Å². The molecule has 0 spiro atoms. The molecule has 0 saturated carbocycles. The Balaban J connectivity index is 2.04. The Kier molecular flexibility index (Phi) is 6.11. The van der Waals surface area contributed by atoms with Crippen molar-refractivity contribution >= 4 is 20.9 Å². The zero-order valence-electron chi connectivity index (χ0n) is 15.2. The number of phenolic OH excluding ortho intramolecular Hbond substituents is 1. The number of phenols is 1. The lowest BCUT2D eigenvalue weighted by Crippen LogP contribution is -2.35. The second-order valence-electron chi connectivity index (χ2n) is 6.78. The first kappa shape index (κ1) is 19.1. The van der Waals surface area contributed by atoms with Gasteiger partial charge in [0, 0.05) is 36.8 Å². The van der Waals surface area contributed by atoms with Crippen molar-refractivity contribution in [2.45, 2.75) is 50.5 Å². The van der Waals surface area contributed by atoms with E-state index in [9.17, 15) is 13.5 Å². The first-order valence-electron chi connectivity index (χ1n) is 9.36. The van der Waals surface area contributed by atoms with Gasteiger partial charge in [0.25, 0.3) is 0 Å². The van der Waals surface area contributed by atoms with E-state index in [1.54, 1.807) is 28.7 Å². The molecule has 1 aromatic heterocycles. The first-order chi connectivity index (χ1) is 12.6. The van der Waals surface area contributed by atoms with Gasteiger partial charge in [-0.25, -0.2) is 8.42 Å². The third kappa shape index (κ3) is 3.84.